The van der Waals surface area contributed by atoms with Gasteiger partial charge in [-0.1, -0.05) is 0 Å². The fourth-order valence-corrected chi connectivity index (χ4v) is 1.09. The van der Waals surface area contributed by atoms with E-state index >= 15 is 0 Å². The lowest BCUT2D eigenvalue weighted by Gasteiger charge is -2.11. The Morgan fingerprint density at radius 1 is 1.24 bits per heavy atom. The number of hydrogen-bond acceptors (Lipinski definition) is 8. The summed E-state index contributed by atoms with van der Waals surface area (Å²) in [7, 11) is 3.99. The van der Waals surface area contributed by atoms with Gasteiger partial charge in [-0.15, -0.1) is 0 Å². The molecule has 0 unspecified atom stereocenters. The molecule has 0 fully saturated rings. The molecular weight excluding hydrogens is 222 g/mol. The van der Waals surface area contributed by atoms with Crippen molar-refractivity contribution in [3.8, 4) is 6.01 Å². The first-order valence-corrected chi connectivity index (χ1v) is 5.39. The molecule has 96 valence electrons. The van der Waals surface area contributed by atoms with E-state index in [0.29, 0.717) is 12.6 Å². The summed E-state index contributed by atoms with van der Waals surface area (Å²) in [6.45, 7) is 3.96. The topological polar surface area (TPSA) is 101 Å². The number of anilines is 2. The van der Waals surface area contributed by atoms with Crippen molar-refractivity contribution in [1.82, 2.24) is 19.9 Å². The molecule has 1 aromatic rings. The number of hydrogen-bond donors (Lipinski definition) is 3. The van der Waals surface area contributed by atoms with Gasteiger partial charge in [0, 0.05) is 13.1 Å². The van der Waals surface area contributed by atoms with E-state index in [0.717, 1.165) is 13.1 Å². The number of nitrogens with zero attached hydrogens (tertiary/aromatic N) is 4. The number of nitrogens with two attached hydrogens (primary N) is 1. The predicted molar refractivity (Wildman–Crippen MR) is 65.8 cm³/mol. The Kier molecular flexibility index (Phi) is 5.37. The second-order valence-electron chi connectivity index (χ2n) is 3.57. The molecule has 1 rings (SSSR count). The molecule has 1 heterocycles. The summed E-state index contributed by atoms with van der Waals surface area (Å²) in [5, 5.41) is 3.07. The second-order valence-corrected chi connectivity index (χ2v) is 3.57. The summed E-state index contributed by atoms with van der Waals surface area (Å²) in [6.07, 6.45) is 0. The summed E-state index contributed by atoms with van der Waals surface area (Å²) >= 11 is 0. The molecule has 4 N–H and O–H groups in total. The Balaban J connectivity index is 2.66. The molecule has 17 heavy (non-hydrogen) atoms. The summed E-state index contributed by atoms with van der Waals surface area (Å²) in [6, 6.07) is 0.253. The van der Waals surface area contributed by atoms with Crippen molar-refractivity contribution in [3.05, 3.63) is 0 Å². The van der Waals surface area contributed by atoms with E-state index < -0.39 is 0 Å². The highest BCUT2D eigenvalue weighted by atomic mass is 16.5. The molecule has 0 atom stereocenters. The van der Waals surface area contributed by atoms with Crippen LogP contribution in [0.1, 0.15) is 6.92 Å². The monoisotopic (exact) mass is 241 g/mol. The van der Waals surface area contributed by atoms with Gasteiger partial charge in [0.05, 0.1) is 6.61 Å². The maximum Gasteiger partial charge on any atom is 0.323 e. The number of nitrogens with one attached hydrogen (secondary N) is 2. The first kappa shape index (κ1) is 13.4. The normalized spacial score (nSPS) is 10.4. The maximum atomic E-state index is 5.27. The maximum absolute atomic E-state index is 5.27. The average Bonchev–Trinajstić information content (AvgIpc) is 2.28. The minimum absolute atomic E-state index is 0.253. The first-order chi connectivity index (χ1) is 8.15. The zero-order chi connectivity index (χ0) is 12.7. The van der Waals surface area contributed by atoms with Crippen molar-refractivity contribution in [3.63, 3.8) is 0 Å². The lowest BCUT2D eigenvalue weighted by atomic mass is 10.6. The first-order valence-electron chi connectivity index (χ1n) is 5.39. The van der Waals surface area contributed by atoms with Crippen molar-refractivity contribution < 1.29 is 4.74 Å². The second kappa shape index (κ2) is 6.81. The molecule has 0 spiro atoms. The van der Waals surface area contributed by atoms with E-state index in [1.807, 2.05) is 21.0 Å². The van der Waals surface area contributed by atoms with Crippen molar-refractivity contribution in [1.29, 1.82) is 0 Å². The van der Waals surface area contributed by atoms with Crippen molar-refractivity contribution >= 4 is 11.9 Å². The van der Waals surface area contributed by atoms with E-state index in [2.05, 4.69) is 30.6 Å². The minimum Gasteiger partial charge on any atom is -0.464 e. The van der Waals surface area contributed by atoms with Gasteiger partial charge in [0.1, 0.15) is 0 Å². The van der Waals surface area contributed by atoms with Crippen LogP contribution in [0.15, 0.2) is 0 Å². The number of ether oxygens (including phenoxy) is 1. The van der Waals surface area contributed by atoms with E-state index in [-0.39, 0.29) is 12.0 Å². The molecule has 0 aliphatic rings. The van der Waals surface area contributed by atoms with Gasteiger partial charge in [-0.2, -0.15) is 15.0 Å². The molecule has 0 amide bonds. The molecular formula is C9H19N7O. The van der Waals surface area contributed by atoms with E-state index in [1.165, 1.54) is 0 Å². The van der Waals surface area contributed by atoms with Crippen LogP contribution in [-0.4, -0.2) is 53.6 Å². The van der Waals surface area contributed by atoms with Crippen LogP contribution < -0.4 is 21.3 Å². The number of aromatic nitrogens is 3. The Morgan fingerprint density at radius 3 is 2.53 bits per heavy atom. The standard InChI is InChI=1S/C9H19N7O/c1-4-17-9-13-7(11-5-6-16(2)3)12-8(14-9)15-10/h4-6,10H2,1-3H3,(H2,11,12,13,14,15). The van der Waals surface area contributed by atoms with Gasteiger partial charge in [-0.25, -0.2) is 5.84 Å². The summed E-state index contributed by atoms with van der Waals surface area (Å²) < 4.78 is 5.21. The lowest BCUT2D eigenvalue weighted by molar-refractivity contribution is 0.312. The zero-order valence-electron chi connectivity index (χ0n) is 10.4. The molecule has 0 bridgehead atoms. The third-order valence-corrected chi connectivity index (χ3v) is 1.86. The van der Waals surface area contributed by atoms with Gasteiger partial charge in [0.2, 0.25) is 11.9 Å². The highest BCUT2D eigenvalue weighted by Gasteiger charge is 2.05. The summed E-state index contributed by atoms with van der Waals surface area (Å²) in [4.78, 5) is 14.2. The molecule has 0 aliphatic carbocycles. The van der Waals surface area contributed by atoms with Crippen LogP contribution in [0.4, 0.5) is 11.9 Å². The highest BCUT2D eigenvalue weighted by molar-refractivity contribution is 5.34. The fourth-order valence-electron chi connectivity index (χ4n) is 1.09. The fraction of sp³-hybridized carbons (Fsp3) is 0.667. The molecule has 8 nitrogen and oxygen atoms in total. The number of nitrogen functional groups attached to an aromatic ring is 1. The minimum atomic E-state index is 0.253. The van der Waals surface area contributed by atoms with Crippen LogP contribution in [0.2, 0.25) is 0 Å². The molecule has 0 aliphatic heterocycles. The van der Waals surface area contributed by atoms with E-state index in [9.17, 15) is 0 Å². The number of hydrazine groups is 1. The van der Waals surface area contributed by atoms with E-state index in [1.54, 1.807) is 0 Å². The number of likely N-dealkylation sites (N-methyl/N-ethyl adjacent to an activating group) is 1. The van der Waals surface area contributed by atoms with Crippen LogP contribution in [0.3, 0.4) is 0 Å². The van der Waals surface area contributed by atoms with Crippen LogP contribution in [-0.2, 0) is 0 Å². The quantitative estimate of drug-likeness (QED) is 0.435. The Bertz CT molecular complexity index is 344. The molecule has 0 saturated carbocycles. The summed E-state index contributed by atoms with van der Waals surface area (Å²) in [5.74, 6) is 5.98. The van der Waals surface area contributed by atoms with Gasteiger partial charge in [0.15, 0.2) is 0 Å². The molecule has 8 heteroatoms. The average molecular weight is 241 g/mol. The lowest BCUT2D eigenvalue weighted by Crippen LogP contribution is -2.22. The molecule has 0 saturated heterocycles. The van der Waals surface area contributed by atoms with Gasteiger partial charge < -0.3 is 15.0 Å². The van der Waals surface area contributed by atoms with Gasteiger partial charge in [-0.05, 0) is 21.0 Å². The zero-order valence-corrected chi connectivity index (χ0v) is 10.4. The Labute approximate surface area is 101 Å². The third-order valence-electron chi connectivity index (χ3n) is 1.86. The largest absolute Gasteiger partial charge is 0.464 e. The van der Waals surface area contributed by atoms with Crippen LogP contribution in [0.5, 0.6) is 6.01 Å². The predicted octanol–water partition coefficient (Wildman–Crippen LogP) is -0.471. The van der Waals surface area contributed by atoms with Gasteiger partial charge in [0.25, 0.3) is 0 Å². The Morgan fingerprint density at radius 2 is 1.94 bits per heavy atom. The van der Waals surface area contributed by atoms with Crippen molar-refractivity contribution in [2.45, 2.75) is 6.92 Å². The van der Waals surface area contributed by atoms with Crippen LogP contribution in [0.25, 0.3) is 0 Å². The smallest absolute Gasteiger partial charge is 0.323 e. The van der Waals surface area contributed by atoms with Crippen molar-refractivity contribution in [2.24, 2.45) is 5.84 Å². The highest BCUT2D eigenvalue weighted by Crippen LogP contribution is 2.09. The summed E-state index contributed by atoms with van der Waals surface area (Å²) in [5.41, 5.74) is 2.37. The van der Waals surface area contributed by atoms with Crippen molar-refractivity contribution in [2.75, 3.05) is 44.5 Å². The molecule has 1 aromatic heterocycles. The van der Waals surface area contributed by atoms with Gasteiger partial charge in [-0.3, -0.25) is 5.43 Å². The third kappa shape index (κ3) is 4.79. The number of rotatable bonds is 7. The van der Waals surface area contributed by atoms with E-state index in [4.69, 9.17) is 10.6 Å². The van der Waals surface area contributed by atoms with Gasteiger partial charge >= 0.3 is 6.01 Å². The van der Waals surface area contributed by atoms with Crippen LogP contribution >= 0.6 is 0 Å². The molecule has 0 radical (unpaired) electrons. The Hall–Kier alpha value is -1.67. The molecule has 0 aromatic carbocycles. The SMILES string of the molecule is CCOc1nc(NN)nc(NCCN(C)C)n1. The van der Waals surface area contributed by atoms with Crippen LogP contribution in [0, 0.1) is 0 Å².